The van der Waals surface area contributed by atoms with Crippen molar-refractivity contribution in [1.29, 1.82) is 0 Å². The normalized spacial score (nSPS) is 31.6. The molecule has 2 unspecified atom stereocenters. The molecule has 2 rings (SSSR count). The molecular formula is C14H25N3O3. The predicted octanol–water partition coefficient (Wildman–Crippen LogP) is 0.929. The number of likely N-dealkylation sites (N-methyl/N-ethyl adjacent to an activating group) is 1. The molecule has 6 nitrogen and oxygen atoms in total. The fourth-order valence-corrected chi connectivity index (χ4v) is 3.07. The highest BCUT2D eigenvalue weighted by atomic mass is 16.4. The van der Waals surface area contributed by atoms with E-state index in [-0.39, 0.29) is 6.03 Å². The van der Waals surface area contributed by atoms with Crippen molar-refractivity contribution in [2.75, 3.05) is 39.8 Å². The van der Waals surface area contributed by atoms with E-state index in [4.69, 9.17) is 0 Å². The van der Waals surface area contributed by atoms with E-state index in [1.165, 1.54) is 0 Å². The van der Waals surface area contributed by atoms with Crippen molar-refractivity contribution in [3.63, 3.8) is 0 Å². The zero-order valence-corrected chi connectivity index (χ0v) is 12.6. The molecule has 2 saturated heterocycles. The smallest absolute Gasteiger partial charge is 0.320 e. The summed E-state index contributed by atoms with van der Waals surface area (Å²) in [6.07, 6.45) is 1.14. The van der Waals surface area contributed by atoms with Crippen LogP contribution in [0.5, 0.6) is 0 Å². The number of likely N-dealkylation sites (tertiary alicyclic amines) is 1. The lowest BCUT2D eigenvalue weighted by Gasteiger charge is -2.39. The maximum atomic E-state index is 12.5. The highest BCUT2D eigenvalue weighted by Crippen LogP contribution is 2.34. The lowest BCUT2D eigenvalue weighted by molar-refractivity contribution is -0.148. The van der Waals surface area contributed by atoms with Crippen LogP contribution in [-0.4, -0.2) is 77.6 Å². The van der Waals surface area contributed by atoms with Crippen LogP contribution < -0.4 is 0 Å². The highest BCUT2D eigenvalue weighted by Gasteiger charge is 2.45. The number of piperazine rings is 1. The van der Waals surface area contributed by atoms with Crippen molar-refractivity contribution in [2.45, 2.75) is 32.7 Å². The van der Waals surface area contributed by atoms with Gasteiger partial charge in [0.15, 0.2) is 0 Å². The molecule has 2 atom stereocenters. The number of carbonyl (C=O) groups excluding carboxylic acids is 1. The average molecular weight is 283 g/mol. The second-order valence-electron chi connectivity index (χ2n) is 6.17. The number of nitrogens with zero attached hydrogens (tertiary/aromatic N) is 3. The van der Waals surface area contributed by atoms with Gasteiger partial charge in [0.1, 0.15) is 0 Å². The monoisotopic (exact) mass is 283 g/mol. The Morgan fingerprint density at radius 1 is 1.25 bits per heavy atom. The Balaban J connectivity index is 1.99. The number of carboxylic acid groups (broad SMARTS) is 1. The Hall–Kier alpha value is -1.30. The van der Waals surface area contributed by atoms with Crippen LogP contribution in [-0.2, 0) is 4.79 Å². The van der Waals surface area contributed by atoms with E-state index in [1.54, 1.807) is 4.90 Å². The summed E-state index contributed by atoms with van der Waals surface area (Å²) in [5, 5.41) is 9.39. The van der Waals surface area contributed by atoms with E-state index in [1.807, 2.05) is 11.8 Å². The van der Waals surface area contributed by atoms with Gasteiger partial charge in [0.2, 0.25) is 0 Å². The largest absolute Gasteiger partial charge is 0.481 e. The third-order valence-corrected chi connectivity index (χ3v) is 4.98. The van der Waals surface area contributed by atoms with Gasteiger partial charge in [-0.3, -0.25) is 4.79 Å². The Labute approximate surface area is 120 Å². The minimum absolute atomic E-state index is 0.00141. The summed E-state index contributed by atoms with van der Waals surface area (Å²) in [5.41, 5.74) is -0.742. The molecule has 0 aliphatic carbocycles. The maximum absolute atomic E-state index is 12.5. The average Bonchev–Trinajstić information content (AvgIpc) is 2.87. The summed E-state index contributed by atoms with van der Waals surface area (Å²) in [5.74, 6) is -0.776. The second kappa shape index (κ2) is 5.60. The standard InChI is InChI=1S/C14H25N3O3/c1-4-14(12(18)19)5-6-17(10-14)13(20)16-8-7-15(3)11(2)9-16/h11H,4-10H2,1-3H3,(H,18,19). The van der Waals surface area contributed by atoms with Gasteiger partial charge in [0.25, 0.3) is 0 Å². The van der Waals surface area contributed by atoms with Crippen LogP contribution in [0.1, 0.15) is 26.7 Å². The number of amides is 2. The Morgan fingerprint density at radius 3 is 2.45 bits per heavy atom. The minimum Gasteiger partial charge on any atom is -0.481 e. The fraction of sp³-hybridized carbons (Fsp3) is 0.857. The molecule has 2 aliphatic rings. The summed E-state index contributed by atoms with van der Waals surface area (Å²) >= 11 is 0. The van der Waals surface area contributed by atoms with Gasteiger partial charge >= 0.3 is 12.0 Å². The van der Waals surface area contributed by atoms with Crippen molar-refractivity contribution in [2.24, 2.45) is 5.41 Å². The molecule has 2 heterocycles. The number of urea groups is 1. The van der Waals surface area contributed by atoms with Gasteiger partial charge in [-0.15, -0.1) is 0 Å². The van der Waals surface area contributed by atoms with Gasteiger partial charge in [-0.05, 0) is 26.8 Å². The van der Waals surface area contributed by atoms with Crippen molar-refractivity contribution in [3.05, 3.63) is 0 Å². The van der Waals surface area contributed by atoms with Gasteiger partial charge in [-0.1, -0.05) is 6.92 Å². The third-order valence-electron chi connectivity index (χ3n) is 4.98. The molecular weight excluding hydrogens is 258 g/mol. The second-order valence-corrected chi connectivity index (χ2v) is 6.17. The predicted molar refractivity (Wildman–Crippen MR) is 75.6 cm³/mol. The highest BCUT2D eigenvalue weighted by molar-refractivity contribution is 5.80. The van der Waals surface area contributed by atoms with Crippen LogP contribution in [0.4, 0.5) is 4.79 Å². The van der Waals surface area contributed by atoms with Gasteiger partial charge in [-0.2, -0.15) is 0 Å². The topological polar surface area (TPSA) is 64.1 Å². The van der Waals surface area contributed by atoms with E-state index in [0.29, 0.717) is 32.0 Å². The molecule has 2 fully saturated rings. The molecule has 0 aromatic rings. The lowest BCUT2D eigenvalue weighted by atomic mass is 9.84. The number of carbonyl (C=O) groups is 2. The first-order valence-electron chi connectivity index (χ1n) is 7.37. The minimum atomic E-state index is -0.776. The third kappa shape index (κ3) is 2.61. The quantitative estimate of drug-likeness (QED) is 0.819. The van der Waals surface area contributed by atoms with Crippen LogP contribution in [0.3, 0.4) is 0 Å². The molecule has 20 heavy (non-hydrogen) atoms. The lowest BCUT2D eigenvalue weighted by Crippen LogP contribution is -2.55. The molecule has 0 radical (unpaired) electrons. The van der Waals surface area contributed by atoms with Crippen LogP contribution >= 0.6 is 0 Å². The molecule has 2 aliphatic heterocycles. The first kappa shape index (κ1) is 15.1. The van der Waals surface area contributed by atoms with Crippen LogP contribution in [0.25, 0.3) is 0 Å². The first-order valence-corrected chi connectivity index (χ1v) is 7.37. The van der Waals surface area contributed by atoms with Gasteiger partial charge < -0.3 is 19.8 Å². The van der Waals surface area contributed by atoms with Crippen LogP contribution in [0.2, 0.25) is 0 Å². The van der Waals surface area contributed by atoms with Gasteiger partial charge in [0.05, 0.1) is 5.41 Å². The molecule has 1 N–H and O–H groups in total. The van der Waals surface area contributed by atoms with E-state index in [9.17, 15) is 14.7 Å². The zero-order chi connectivity index (χ0) is 14.9. The summed E-state index contributed by atoms with van der Waals surface area (Å²) in [6, 6.07) is 0.354. The SMILES string of the molecule is CCC1(C(=O)O)CCN(C(=O)N2CCN(C)C(C)C2)C1. The van der Waals surface area contributed by atoms with E-state index in [0.717, 1.165) is 19.6 Å². The van der Waals surface area contributed by atoms with E-state index < -0.39 is 11.4 Å². The van der Waals surface area contributed by atoms with Crippen molar-refractivity contribution in [3.8, 4) is 0 Å². The van der Waals surface area contributed by atoms with Gasteiger partial charge in [-0.25, -0.2) is 4.79 Å². The molecule has 114 valence electrons. The number of hydrogen-bond acceptors (Lipinski definition) is 3. The molecule has 0 aromatic carbocycles. The summed E-state index contributed by atoms with van der Waals surface area (Å²) in [6.45, 7) is 7.22. The van der Waals surface area contributed by atoms with Crippen molar-refractivity contribution in [1.82, 2.24) is 14.7 Å². The summed E-state index contributed by atoms with van der Waals surface area (Å²) in [4.78, 5) is 29.8. The van der Waals surface area contributed by atoms with Crippen molar-refractivity contribution < 1.29 is 14.7 Å². The van der Waals surface area contributed by atoms with E-state index >= 15 is 0 Å². The van der Waals surface area contributed by atoms with Gasteiger partial charge in [0, 0.05) is 38.8 Å². The summed E-state index contributed by atoms with van der Waals surface area (Å²) in [7, 11) is 2.06. The number of rotatable bonds is 2. The Morgan fingerprint density at radius 2 is 1.95 bits per heavy atom. The molecule has 0 aromatic heterocycles. The molecule has 6 heteroatoms. The van der Waals surface area contributed by atoms with E-state index in [2.05, 4.69) is 18.9 Å². The van der Waals surface area contributed by atoms with Crippen molar-refractivity contribution >= 4 is 12.0 Å². The maximum Gasteiger partial charge on any atom is 0.320 e. The fourth-order valence-electron chi connectivity index (χ4n) is 3.07. The molecule has 0 saturated carbocycles. The Kier molecular flexibility index (Phi) is 4.22. The molecule has 0 spiro atoms. The number of aliphatic carboxylic acids is 1. The Bertz CT molecular complexity index is 401. The van der Waals surface area contributed by atoms with Crippen LogP contribution in [0, 0.1) is 5.41 Å². The molecule has 2 amide bonds. The van der Waals surface area contributed by atoms with Crippen LogP contribution in [0.15, 0.2) is 0 Å². The number of hydrogen-bond donors (Lipinski definition) is 1. The zero-order valence-electron chi connectivity index (χ0n) is 12.6. The molecule has 0 bridgehead atoms. The number of carboxylic acids is 1. The summed E-state index contributed by atoms with van der Waals surface area (Å²) < 4.78 is 0. The first-order chi connectivity index (χ1) is 9.39.